The zero-order valence-electron chi connectivity index (χ0n) is 10.4. The van der Waals surface area contributed by atoms with Gasteiger partial charge in [-0.25, -0.2) is 0 Å². The normalized spacial score (nSPS) is 11.1. The van der Waals surface area contributed by atoms with E-state index in [4.69, 9.17) is 10.2 Å². The van der Waals surface area contributed by atoms with Crippen LogP contribution in [0.2, 0.25) is 0 Å². The van der Waals surface area contributed by atoms with Crippen molar-refractivity contribution in [2.75, 3.05) is 0 Å². The van der Waals surface area contributed by atoms with Gasteiger partial charge in [-0.2, -0.15) is 0 Å². The van der Waals surface area contributed by atoms with Gasteiger partial charge in [0.15, 0.2) is 0 Å². The molecule has 2 N–H and O–H groups in total. The zero-order valence-corrected chi connectivity index (χ0v) is 10.4. The standard InChI is InChI=1S/C13H17N3O/c1-8(2)10-5-4-9(3)11(6-10)13-16-15-12(7-14)17-13/h4-6,8H,7,14H2,1-3H3. The second kappa shape index (κ2) is 4.67. The molecule has 0 bridgehead atoms. The summed E-state index contributed by atoms with van der Waals surface area (Å²) < 4.78 is 5.49. The molecule has 0 saturated carbocycles. The van der Waals surface area contributed by atoms with Gasteiger partial charge in [0.05, 0.1) is 6.54 Å². The quantitative estimate of drug-likeness (QED) is 0.881. The number of nitrogens with zero attached hydrogens (tertiary/aromatic N) is 2. The lowest BCUT2D eigenvalue weighted by molar-refractivity contribution is 0.508. The van der Waals surface area contributed by atoms with E-state index < -0.39 is 0 Å². The molecule has 0 atom stereocenters. The van der Waals surface area contributed by atoms with E-state index in [-0.39, 0.29) is 6.54 Å². The highest BCUT2D eigenvalue weighted by atomic mass is 16.4. The van der Waals surface area contributed by atoms with Gasteiger partial charge in [-0.05, 0) is 30.0 Å². The van der Waals surface area contributed by atoms with Crippen LogP contribution in [-0.2, 0) is 6.54 Å². The maximum Gasteiger partial charge on any atom is 0.248 e. The molecule has 2 aromatic rings. The van der Waals surface area contributed by atoms with E-state index in [9.17, 15) is 0 Å². The molecule has 0 fully saturated rings. The van der Waals surface area contributed by atoms with Crippen LogP contribution >= 0.6 is 0 Å². The van der Waals surface area contributed by atoms with Gasteiger partial charge in [0.1, 0.15) is 0 Å². The summed E-state index contributed by atoms with van der Waals surface area (Å²) in [5.41, 5.74) is 8.84. The first-order chi connectivity index (χ1) is 8.11. The fourth-order valence-electron chi connectivity index (χ4n) is 1.67. The Balaban J connectivity index is 2.46. The number of aryl methyl sites for hydroxylation is 1. The van der Waals surface area contributed by atoms with Crippen LogP contribution in [0.4, 0.5) is 0 Å². The lowest BCUT2D eigenvalue weighted by Crippen LogP contribution is -1.95. The SMILES string of the molecule is Cc1ccc(C(C)C)cc1-c1nnc(CN)o1. The molecule has 0 unspecified atom stereocenters. The average molecular weight is 231 g/mol. The van der Waals surface area contributed by atoms with Crippen LogP contribution in [0.1, 0.15) is 36.8 Å². The van der Waals surface area contributed by atoms with Gasteiger partial charge in [-0.3, -0.25) is 0 Å². The number of nitrogens with two attached hydrogens (primary N) is 1. The molecule has 4 nitrogen and oxygen atoms in total. The Morgan fingerprint density at radius 3 is 2.65 bits per heavy atom. The van der Waals surface area contributed by atoms with Crippen molar-refractivity contribution in [3.8, 4) is 11.5 Å². The Labute approximate surface area is 101 Å². The van der Waals surface area contributed by atoms with E-state index >= 15 is 0 Å². The van der Waals surface area contributed by atoms with Gasteiger partial charge in [-0.15, -0.1) is 10.2 Å². The molecule has 0 aliphatic rings. The van der Waals surface area contributed by atoms with Gasteiger partial charge in [-0.1, -0.05) is 26.0 Å². The van der Waals surface area contributed by atoms with Crippen molar-refractivity contribution in [3.63, 3.8) is 0 Å². The summed E-state index contributed by atoms with van der Waals surface area (Å²) in [5.74, 6) is 1.49. The van der Waals surface area contributed by atoms with Crippen LogP contribution < -0.4 is 5.73 Å². The molecule has 4 heteroatoms. The minimum Gasteiger partial charge on any atom is -0.419 e. The lowest BCUT2D eigenvalue weighted by Gasteiger charge is -2.08. The van der Waals surface area contributed by atoms with E-state index in [1.54, 1.807) is 0 Å². The van der Waals surface area contributed by atoms with E-state index in [0.29, 0.717) is 17.7 Å². The summed E-state index contributed by atoms with van der Waals surface area (Å²) in [6.45, 7) is 6.63. The number of benzene rings is 1. The third-order valence-electron chi connectivity index (χ3n) is 2.80. The van der Waals surface area contributed by atoms with E-state index in [1.807, 2.05) is 6.92 Å². The molecule has 0 amide bonds. The topological polar surface area (TPSA) is 64.9 Å². The largest absolute Gasteiger partial charge is 0.419 e. The third-order valence-corrected chi connectivity index (χ3v) is 2.80. The number of hydrogen-bond donors (Lipinski definition) is 1. The first-order valence-corrected chi connectivity index (χ1v) is 5.75. The van der Waals surface area contributed by atoms with E-state index in [0.717, 1.165) is 11.1 Å². The highest BCUT2D eigenvalue weighted by molar-refractivity contribution is 5.59. The summed E-state index contributed by atoms with van der Waals surface area (Å²) in [4.78, 5) is 0. The third kappa shape index (κ3) is 2.36. The van der Waals surface area contributed by atoms with Crippen molar-refractivity contribution in [2.45, 2.75) is 33.2 Å². The van der Waals surface area contributed by atoms with Crippen molar-refractivity contribution in [1.29, 1.82) is 0 Å². The molecular formula is C13H17N3O. The predicted octanol–water partition coefficient (Wildman–Crippen LogP) is 2.63. The molecule has 2 rings (SSSR count). The van der Waals surface area contributed by atoms with Crippen LogP contribution in [0.15, 0.2) is 22.6 Å². The minimum atomic E-state index is 0.274. The number of hydrogen-bond acceptors (Lipinski definition) is 4. The summed E-state index contributed by atoms with van der Waals surface area (Å²) >= 11 is 0. The highest BCUT2D eigenvalue weighted by Crippen LogP contribution is 2.26. The predicted molar refractivity (Wildman–Crippen MR) is 66.5 cm³/mol. The summed E-state index contributed by atoms with van der Waals surface area (Å²) in [7, 11) is 0. The van der Waals surface area contributed by atoms with Crippen LogP contribution in [-0.4, -0.2) is 10.2 Å². The van der Waals surface area contributed by atoms with Crippen LogP contribution in [0.3, 0.4) is 0 Å². The second-order valence-corrected chi connectivity index (χ2v) is 4.43. The molecule has 1 aromatic heterocycles. The van der Waals surface area contributed by atoms with Crippen molar-refractivity contribution in [3.05, 3.63) is 35.2 Å². The molecule has 0 aliphatic heterocycles. The Morgan fingerprint density at radius 1 is 1.29 bits per heavy atom. The maximum atomic E-state index is 5.49. The van der Waals surface area contributed by atoms with Crippen LogP contribution in [0, 0.1) is 6.92 Å². The van der Waals surface area contributed by atoms with Crippen molar-refractivity contribution in [2.24, 2.45) is 5.73 Å². The highest BCUT2D eigenvalue weighted by Gasteiger charge is 2.11. The molecule has 90 valence electrons. The minimum absolute atomic E-state index is 0.274. The van der Waals surface area contributed by atoms with Crippen molar-refractivity contribution >= 4 is 0 Å². The van der Waals surface area contributed by atoms with Gasteiger partial charge in [0.2, 0.25) is 11.8 Å². The van der Waals surface area contributed by atoms with E-state index in [2.05, 4.69) is 42.2 Å². The fourth-order valence-corrected chi connectivity index (χ4v) is 1.67. The molecular weight excluding hydrogens is 214 g/mol. The summed E-state index contributed by atoms with van der Waals surface area (Å²) in [6.07, 6.45) is 0. The Hall–Kier alpha value is -1.68. The van der Waals surface area contributed by atoms with Crippen molar-refractivity contribution < 1.29 is 4.42 Å². The average Bonchev–Trinajstić information content (AvgIpc) is 2.77. The number of aromatic nitrogens is 2. The summed E-state index contributed by atoms with van der Waals surface area (Å²) in [6, 6.07) is 6.31. The first kappa shape index (κ1) is 11.8. The first-order valence-electron chi connectivity index (χ1n) is 5.75. The Kier molecular flexibility index (Phi) is 3.24. The second-order valence-electron chi connectivity index (χ2n) is 4.43. The summed E-state index contributed by atoms with van der Waals surface area (Å²) in [5, 5.41) is 7.91. The Morgan fingerprint density at radius 2 is 2.06 bits per heavy atom. The van der Waals surface area contributed by atoms with Gasteiger partial charge in [0.25, 0.3) is 0 Å². The smallest absolute Gasteiger partial charge is 0.248 e. The van der Waals surface area contributed by atoms with Gasteiger partial charge < -0.3 is 10.2 Å². The van der Waals surface area contributed by atoms with Crippen LogP contribution in [0.5, 0.6) is 0 Å². The lowest BCUT2D eigenvalue weighted by atomic mass is 9.98. The van der Waals surface area contributed by atoms with E-state index in [1.165, 1.54) is 5.56 Å². The molecule has 0 radical (unpaired) electrons. The Bertz CT molecular complexity index is 517. The van der Waals surface area contributed by atoms with Crippen LogP contribution in [0.25, 0.3) is 11.5 Å². The monoisotopic (exact) mass is 231 g/mol. The molecule has 1 heterocycles. The molecule has 0 spiro atoms. The van der Waals surface area contributed by atoms with Gasteiger partial charge in [0, 0.05) is 5.56 Å². The molecule has 1 aromatic carbocycles. The van der Waals surface area contributed by atoms with Gasteiger partial charge >= 0.3 is 0 Å². The molecule has 17 heavy (non-hydrogen) atoms. The zero-order chi connectivity index (χ0) is 12.4. The molecule has 0 aliphatic carbocycles. The number of rotatable bonds is 3. The maximum absolute atomic E-state index is 5.49. The fraction of sp³-hybridized carbons (Fsp3) is 0.385. The molecule has 0 saturated heterocycles. The van der Waals surface area contributed by atoms with Crippen molar-refractivity contribution in [1.82, 2.24) is 10.2 Å².